The van der Waals surface area contributed by atoms with E-state index in [9.17, 15) is 4.39 Å². The highest BCUT2D eigenvalue weighted by atomic mass is 19.1. The number of aromatic nitrogens is 3. The third kappa shape index (κ3) is 2.95. The zero-order chi connectivity index (χ0) is 16.4. The van der Waals surface area contributed by atoms with Crippen molar-refractivity contribution in [1.82, 2.24) is 20.1 Å². The maximum absolute atomic E-state index is 13.3. The Labute approximate surface area is 140 Å². The molecule has 5 heteroatoms. The Bertz CT molecular complexity index is 828. The zero-order valence-corrected chi connectivity index (χ0v) is 13.3. The van der Waals surface area contributed by atoms with E-state index in [2.05, 4.69) is 15.4 Å². The molecule has 0 unspecified atom stereocenters. The van der Waals surface area contributed by atoms with Crippen molar-refractivity contribution >= 4 is 0 Å². The summed E-state index contributed by atoms with van der Waals surface area (Å²) in [4.78, 5) is 4.40. The summed E-state index contributed by atoms with van der Waals surface area (Å²) in [5, 5.41) is 8.09. The highest BCUT2D eigenvalue weighted by molar-refractivity contribution is 5.32. The second-order valence-electron chi connectivity index (χ2n) is 6.10. The molecule has 4 nitrogen and oxygen atoms in total. The van der Waals surface area contributed by atoms with Gasteiger partial charge < -0.3 is 5.32 Å². The van der Waals surface area contributed by atoms with Crippen LogP contribution in [-0.2, 0) is 13.0 Å². The van der Waals surface area contributed by atoms with Gasteiger partial charge in [0.1, 0.15) is 5.82 Å². The van der Waals surface area contributed by atoms with Crippen LogP contribution in [0, 0.1) is 5.82 Å². The Morgan fingerprint density at radius 3 is 3.00 bits per heavy atom. The lowest BCUT2D eigenvalue weighted by Crippen LogP contribution is -2.25. The van der Waals surface area contributed by atoms with Crippen LogP contribution in [0.1, 0.15) is 35.7 Å². The molecule has 0 bridgehead atoms. The van der Waals surface area contributed by atoms with E-state index in [0.29, 0.717) is 6.54 Å². The van der Waals surface area contributed by atoms with Crippen molar-refractivity contribution in [2.75, 3.05) is 0 Å². The van der Waals surface area contributed by atoms with Gasteiger partial charge in [-0.25, -0.2) is 14.1 Å². The Balaban J connectivity index is 1.55. The second kappa shape index (κ2) is 6.53. The second-order valence-corrected chi connectivity index (χ2v) is 6.10. The van der Waals surface area contributed by atoms with E-state index < -0.39 is 0 Å². The largest absolute Gasteiger partial charge is 0.306 e. The number of fused-ring (bicyclic) bond motifs is 1. The summed E-state index contributed by atoms with van der Waals surface area (Å²) < 4.78 is 15.3. The first kappa shape index (κ1) is 15.0. The number of pyridine rings is 1. The van der Waals surface area contributed by atoms with Crippen molar-refractivity contribution in [3.8, 4) is 5.82 Å². The van der Waals surface area contributed by atoms with Gasteiger partial charge in [0.25, 0.3) is 0 Å². The zero-order valence-electron chi connectivity index (χ0n) is 13.3. The quantitative estimate of drug-likeness (QED) is 0.798. The number of nitrogens with one attached hydrogen (secondary N) is 1. The first-order chi connectivity index (χ1) is 11.8. The molecule has 122 valence electrons. The molecule has 1 aliphatic carbocycles. The SMILES string of the molecule is Fc1cccc(CN[C@H]2CCCc3c2cnn3-c2ccccn2)c1. The first-order valence-corrected chi connectivity index (χ1v) is 8.27. The smallest absolute Gasteiger partial charge is 0.153 e. The number of halogens is 1. The maximum atomic E-state index is 13.3. The molecule has 0 fully saturated rings. The first-order valence-electron chi connectivity index (χ1n) is 8.27. The van der Waals surface area contributed by atoms with Crippen LogP contribution in [0.4, 0.5) is 4.39 Å². The van der Waals surface area contributed by atoms with Crippen molar-refractivity contribution in [3.63, 3.8) is 0 Å². The van der Waals surface area contributed by atoms with Crippen molar-refractivity contribution in [2.45, 2.75) is 31.8 Å². The minimum absolute atomic E-state index is 0.193. The predicted molar refractivity (Wildman–Crippen MR) is 90.3 cm³/mol. The van der Waals surface area contributed by atoms with Gasteiger partial charge in [-0.2, -0.15) is 5.10 Å². The fourth-order valence-electron chi connectivity index (χ4n) is 3.33. The normalized spacial score (nSPS) is 16.8. The third-order valence-corrected chi connectivity index (χ3v) is 4.49. The highest BCUT2D eigenvalue weighted by Crippen LogP contribution is 2.30. The summed E-state index contributed by atoms with van der Waals surface area (Å²) in [5.74, 6) is 0.658. The molecule has 1 N–H and O–H groups in total. The van der Waals surface area contributed by atoms with Crippen LogP contribution >= 0.6 is 0 Å². The number of nitrogens with zero attached hydrogens (tertiary/aromatic N) is 3. The van der Waals surface area contributed by atoms with E-state index in [1.54, 1.807) is 18.3 Å². The molecular formula is C19H19FN4. The van der Waals surface area contributed by atoms with Gasteiger partial charge in [-0.15, -0.1) is 0 Å². The van der Waals surface area contributed by atoms with E-state index in [1.807, 2.05) is 35.1 Å². The fraction of sp³-hybridized carbons (Fsp3) is 0.263. The molecular weight excluding hydrogens is 303 g/mol. The van der Waals surface area contributed by atoms with Gasteiger partial charge in [0, 0.05) is 24.3 Å². The Hall–Kier alpha value is -2.53. The fourth-order valence-corrected chi connectivity index (χ4v) is 3.33. The van der Waals surface area contributed by atoms with Crippen LogP contribution in [-0.4, -0.2) is 14.8 Å². The molecule has 0 aliphatic heterocycles. The molecule has 24 heavy (non-hydrogen) atoms. The summed E-state index contributed by atoms with van der Waals surface area (Å²) in [6.07, 6.45) is 6.89. The van der Waals surface area contributed by atoms with Gasteiger partial charge >= 0.3 is 0 Å². The topological polar surface area (TPSA) is 42.7 Å². The summed E-state index contributed by atoms with van der Waals surface area (Å²) >= 11 is 0. The van der Waals surface area contributed by atoms with Gasteiger partial charge in [-0.3, -0.25) is 0 Å². The van der Waals surface area contributed by atoms with Crippen LogP contribution < -0.4 is 5.32 Å². The maximum Gasteiger partial charge on any atom is 0.153 e. The van der Waals surface area contributed by atoms with E-state index >= 15 is 0 Å². The van der Waals surface area contributed by atoms with Crippen LogP contribution in [0.5, 0.6) is 0 Å². The van der Waals surface area contributed by atoms with E-state index in [-0.39, 0.29) is 11.9 Å². The lowest BCUT2D eigenvalue weighted by atomic mass is 9.92. The van der Waals surface area contributed by atoms with Crippen LogP contribution in [0.3, 0.4) is 0 Å². The summed E-state index contributed by atoms with van der Waals surface area (Å²) in [7, 11) is 0. The highest BCUT2D eigenvalue weighted by Gasteiger charge is 2.24. The van der Waals surface area contributed by atoms with Crippen molar-refractivity contribution in [2.24, 2.45) is 0 Å². The standard InChI is InChI=1S/C19H19FN4/c20-15-6-3-5-14(11-15)12-22-17-7-4-8-18-16(17)13-23-24(18)19-9-1-2-10-21-19/h1-3,5-6,9-11,13,17,22H,4,7-8,12H2/t17-/m0/s1. The molecule has 0 saturated carbocycles. The molecule has 1 aromatic carbocycles. The van der Waals surface area contributed by atoms with E-state index in [4.69, 9.17) is 0 Å². The average molecular weight is 322 g/mol. The van der Waals surface area contributed by atoms with Gasteiger partial charge in [0.15, 0.2) is 5.82 Å². The van der Waals surface area contributed by atoms with Crippen LogP contribution in [0.2, 0.25) is 0 Å². The Kier molecular flexibility index (Phi) is 4.09. The lowest BCUT2D eigenvalue weighted by molar-refractivity contribution is 0.454. The monoisotopic (exact) mass is 322 g/mol. The molecule has 3 aromatic rings. The molecule has 1 atom stereocenters. The summed E-state index contributed by atoms with van der Waals surface area (Å²) in [6, 6.07) is 12.8. The van der Waals surface area contributed by atoms with Crippen molar-refractivity contribution in [3.05, 3.63) is 77.5 Å². The minimum Gasteiger partial charge on any atom is -0.306 e. The van der Waals surface area contributed by atoms with Gasteiger partial charge in [-0.05, 0) is 49.1 Å². The number of benzene rings is 1. The van der Waals surface area contributed by atoms with Gasteiger partial charge in [0.05, 0.1) is 11.9 Å². The molecule has 2 aromatic heterocycles. The van der Waals surface area contributed by atoms with Crippen LogP contribution in [0.25, 0.3) is 5.82 Å². The van der Waals surface area contributed by atoms with E-state index in [1.165, 1.54) is 17.3 Å². The Morgan fingerprint density at radius 1 is 1.21 bits per heavy atom. The molecule has 4 rings (SSSR count). The molecule has 2 heterocycles. The van der Waals surface area contributed by atoms with Crippen LogP contribution in [0.15, 0.2) is 54.9 Å². The minimum atomic E-state index is -0.193. The molecule has 0 spiro atoms. The molecule has 0 radical (unpaired) electrons. The van der Waals surface area contributed by atoms with E-state index in [0.717, 1.165) is 30.6 Å². The van der Waals surface area contributed by atoms with Gasteiger partial charge in [-0.1, -0.05) is 18.2 Å². The number of hydrogen-bond acceptors (Lipinski definition) is 3. The molecule has 0 amide bonds. The number of rotatable bonds is 4. The van der Waals surface area contributed by atoms with Crippen molar-refractivity contribution < 1.29 is 4.39 Å². The predicted octanol–water partition coefficient (Wildman–Crippen LogP) is 3.57. The molecule has 1 aliphatic rings. The molecule has 0 saturated heterocycles. The third-order valence-electron chi connectivity index (χ3n) is 4.49. The summed E-state index contributed by atoms with van der Waals surface area (Å²) in [5.41, 5.74) is 3.40. The lowest BCUT2D eigenvalue weighted by Gasteiger charge is -2.24. The summed E-state index contributed by atoms with van der Waals surface area (Å²) in [6.45, 7) is 0.649. The average Bonchev–Trinajstić information content (AvgIpc) is 3.05. The van der Waals surface area contributed by atoms with Crippen molar-refractivity contribution in [1.29, 1.82) is 0 Å². The number of hydrogen-bond donors (Lipinski definition) is 1. The Morgan fingerprint density at radius 2 is 2.17 bits per heavy atom. The van der Waals surface area contributed by atoms with Gasteiger partial charge in [0.2, 0.25) is 0 Å².